The van der Waals surface area contributed by atoms with Crippen LogP contribution in [0.1, 0.15) is 41.4 Å². The number of hydrogen-bond acceptors (Lipinski definition) is 4. The Labute approximate surface area is 158 Å². The first-order valence-electron chi connectivity index (χ1n) is 9.36. The average molecular weight is 371 g/mol. The number of aryl methyl sites for hydroxylation is 1. The van der Waals surface area contributed by atoms with Gasteiger partial charge in [-0.1, -0.05) is 12.1 Å². The van der Waals surface area contributed by atoms with Gasteiger partial charge in [-0.05, 0) is 50.3 Å². The number of carbonyl (C=O) groups is 2. The van der Waals surface area contributed by atoms with Crippen LogP contribution in [0.25, 0.3) is 0 Å². The molecule has 2 heterocycles. The molecule has 144 valence electrons. The van der Waals surface area contributed by atoms with Gasteiger partial charge in [0.15, 0.2) is 0 Å². The summed E-state index contributed by atoms with van der Waals surface area (Å²) in [6.45, 7) is 3.40. The predicted molar refractivity (Wildman–Crippen MR) is 99.9 cm³/mol. The molecular formula is C20H25N3O4. The monoisotopic (exact) mass is 371 g/mol. The van der Waals surface area contributed by atoms with Crippen LogP contribution in [0.15, 0.2) is 30.5 Å². The molecule has 0 saturated heterocycles. The zero-order chi connectivity index (χ0) is 19.2. The second-order valence-electron chi connectivity index (χ2n) is 6.71. The van der Waals surface area contributed by atoms with E-state index < -0.39 is 11.9 Å². The first kappa shape index (κ1) is 18.9. The van der Waals surface area contributed by atoms with Gasteiger partial charge in [-0.3, -0.25) is 14.3 Å². The van der Waals surface area contributed by atoms with Crippen molar-refractivity contribution in [2.45, 2.75) is 39.2 Å². The Morgan fingerprint density at radius 1 is 1.30 bits per heavy atom. The maximum Gasteiger partial charge on any atom is 0.308 e. The summed E-state index contributed by atoms with van der Waals surface area (Å²) in [5.41, 5.74) is 2.39. The van der Waals surface area contributed by atoms with Crippen molar-refractivity contribution in [3.05, 3.63) is 47.3 Å². The lowest BCUT2D eigenvalue weighted by Gasteiger charge is -2.16. The van der Waals surface area contributed by atoms with Crippen LogP contribution < -0.4 is 10.1 Å². The molecule has 1 unspecified atom stereocenters. The molecule has 0 bridgehead atoms. The molecule has 0 aliphatic carbocycles. The fraction of sp³-hybridized carbons (Fsp3) is 0.450. The molecule has 0 spiro atoms. The number of hydrogen-bond donors (Lipinski definition) is 2. The number of benzene rings is 1. The molecule has 1 atom stereocenters. The van der Waals surface area contributed by atoms with Gasteiger partial charge < -0.3 is 15.2 Å². The van der Waals surface area contributed by atoms with Crippen molar-refractivity contribution in [3.8, 4) is 5.75 Å². The number of carbonyl (C=O) groups excluding carboxylic acids is 1. The summed E-state index contributed by atoms with van der Waals surface area (Å²) in [6.07, 6.45) is 4.87. The smallest absolute Gasteiger partial charge is 0.308 e. The summed E-state index contributed by atoms with van der Waals surface area (Å²) in [4.78, 5) is 24.1. The Hall–Kier alpha value is -2.83. The third-order valence-corrected chi connectivity index (χ3v) is 4.80. The SMILES string of the molecule is CCOc1ccc(CC(CNC(=O)c2cnn3c2CCCC3)C(=O)O)cc1. The summed E-state index contributed by atoms with van der Waals surface area (Å²) in [6, 6.07) is 7.37. The predicted octanol–water partition coefficient (Wildman–Crippen LogP) is 2.29. The van der Waals surface area contributed by atoms with E-state index in [1.165, 1.54) is 0 Å². The Morgan fingerprint density at radius 3 is 2.78 bits per heavy atom. The van der Waals surface area contributed by atoms with Crippen molar-refractivity contribution in [1.29, 1.82) is 0 Å². The lowest BCUT2D eigenvalue weighted by Crippen LogP contribution is -2.34. The molecule has 2 N–H and O–H groups in total. The van der Waals surface area contributed by atoms with Crippen LogP contribution in [-0.4, -0.2) is 39.9 Å². The first-order chi connectivity index (χ1) is 13.1. The summed E-state index contributed by atoms with van der Waals surface area (Å²) in [7, 11) is 0. The average Bonchev–Trinajstić information content (AvgIpc) is 3.10. The molecule has 2 aromatic rings. The normalized spacial score (nSPS) is 14.3. The third-order valence-electron chi connectivity index (χ3n) is 4.80. The number of amides is 1. The second-order valence-corrected chi connectivity index (χ2v) is 6.71. The number of carboxylic acids is 1. The van der Waals surface area contributed by atoms with Crippen molar-refractivity contribution < 1.29 is 19.4 Å². The number of nitrogens with one attached hydrogen (secondary N) is 1. The zero-order valence-corrected chi connectivity index (χ0v) is 15.5. The quantitative estimate of drug-likeness (QED) is 0.743. The van der Waals surface area contributed by atoms with Gasteiger partial charge in [-0.15, -0.1) is 0 Å². The van der Waals surface area contributed by atoms with Gasteiger partial charge in [-0.2, -0.15) is 5.10 Å². The van der Waals surface area contributed by atoms with Crippen molar-refractivity contribution >= 4 is 11.9 Å². The van der Waals surface area contributed by atoms with Crippen LogP contribution >= 0.6 is 0 Å². The van der Waals surface area contributed by atoms with Gasteiger partial charge in [0.25, 0.3) is 5.91 Å². The molecule has 27 heavy (non-hydrogen) atoms. The fourth-order valence-electron chi connectivity index (χ4n) is 3.34. The summed E-state index contributed by atoms with van der Waals surface area (Å²) in [5.74, 6) is -1.12. The Bertz CT molecular complexity index is 798. The van der Waals surface area contributed by atoms with E-state index >= 15 is 0 Å². The summed E-state index contributed by atoms with van der Waals surface area (Å²) in [5, 5.41) is 16.5. The van der Waals surface area contributed by atoms with Gasteiger partial charge in [0, 0.05) is 13.1 Å². The minimum atomic E-state index is -0.929. The molecule has 7 heteroatoms. The molecule has 1 aliphatic rings. The number of aliphatic carboxylic acids is 1. The van der Waals surface area contributed by atoms with Crippen LogP contribution in [0, 0.1) is 5.92 Å². The van der Waals surface area contributed by atoms with E-state index in [2.05, 4.69) is 10.4 Å². The highest BCUT2D eigenvalue weighted by Crippen LogP contribution is 2.19. The lowest BCUT2D eigenvalue weighted by molar-refractivity contribution is -0.141. The second kappa shape index (κ2) is 8.70. The Balaban J connectivity index is 1.60. The third kappa shape index (κ3) is 4.67. The number of carboxylic acid groups (broad SMARTS) is 1. The highest BCUT2D eigenvalue weighted by atomic mass is 16.5. The standard InChI is InChI=1S/C20H25N3O4/c1-2-27-16-8-6-14(7-9-16)11-15(20(25)26)12-21-19(24)17-13-22-23-10-4-3-5-18(17)23/h6-9,13,15H,2-5,10-12H2,1H3,(H,21,24)(H,25,26). The maximum atomic E-state index is 12.5. The van der Waals surface area contributed by atoms with Gasteiger partial charge in [0.2, 0.25) is 0 Å². The molecular weight excluding hydrogens is 346 g/mol. The van der Waals surface area contributed by atoms with Gasteiger partial charge in [-0.25, -0.2) is 0 Å². The number of ether oxygens (including phenoxy) is 1. The highest BCUT2D eigenvalue weighted by Gasteiger charge is 2.23. The summed E-state index contributed by atoms with van der Waals surface area (Å²) < 4.78 is 7.27. The molecule has 0 saturated carbocycles. The minimum absolute atomic E-state index is 0.0754. The van der Waals surface area contributed by atoms with Crippen LogP contribution in [0.5, 0.6) is 5.75 Å². The molecule has 0 radical (unpaired) electrons. The lowest BCUT2D eigenvalue weighted by atomic mass is 9.99. The topological polar surface area (TPSA) is 93.5 Å². The van der Waals surface area contributed by atoms with E-state index in [-0.39, 0.29) is 12.5 Å². The molecule has 3 rings (SSSR count). The maximum absolute atomic E-state index is 12.5. The van der Waals surface area contributed by atoms with E-state index in [0.717, 1.165) is 42.8 Å². The Morgan fingerprint density at radius 2 is 2.07 bits per heavy atom. The van der Waals surface area contributed by atoms with Gasteiger partial charge >= 0.3 is 5.97 Å². The number of aromatic nitrogens is 2. The fourth-order valence-corrected chi connectivity index (χ4v) is 3.34. The minimum Gasteiger partial charge on any atom is -0.494 e. The van der Waals surface area contributed by atoms with E-state index in [0.29, 0.717) is 18.6 Å². The van der Waals surface area contributed by atoms with Crippen molar-refractivity contribution in [1.82, 2.24) is 15.1 Å². The van der Waals surface area contributed by atoms with Crippen LogP contribution in [0.3, 0.4) is 0 Å². The van der Waals surface area contributed by atoms with E-state index in [4.69, 9.17) is 4.74 Å². The number of nitrogens with zero attached hydrogens (tertiary/aromatic N) is 2. The van der Waals surface area contributed by atoms with Crippen molar-refractivity contribution in [2.24, 2.45) is 5.92 Å². The Kier molecular flexibility index (Phi) is 6.11. The molecule has 0 fully saturated rings. The van der Waals surface area contributed by atoms with Crippen LogP contribution in [0.4, 0.5) is 0 Å². The van der Waals surface area contributed by atoms with Crippen molar-refractivity contribution in [2.75, 3.05) is 13.2 Å². The molecule has 7 nitrogen and oxygen atoms in total. The number of rotatable bonds is 8. The largest absolute Gasteiger partial charge is 0.494 e. The summed E-state index contributed by atoms with van der Waals surface area (Å²) >= 11 is 0. The van der Waals surface area contributed by atoms with Crippen molar-refractivity contribution in [3.63, 3.8) is 0 Å². The van der Waals surface area contributed by atoms with E-state index in [9.17, 15) is 14.7 Å². The molecule has 1 aliphatic heterocycles. The van der Waals surface area contributed by atoms with E-state index in [1.807, 2.05) is 35.9 Å². The zero-order valence-electron chi connectivity index (χ0n) is 15.5. The van der Waals surface area contributed by atoms with Gasteiger partial charge in [0.05, 0.1) is 30.0 Å². The van der Waals surface area contributed by atoms with Gasteiger partial charge in [0.1, 0.15) is 5.75 Å². The molecule has 1 aromatic heterocycles. The van der Waals surface area contributed by atoms with Crippen LogP contribution in [0.2, 0.25) is 0 Å². The van der Waals surface area contributed by atoms with Crippen LogP contribution in [-0.2, 0) is 24.2 Å². The first-order valence-corrected chi connectivity index (χ1v) is 9.36. The number of fused-ring (bicyclic) bond motifs is 1. The molecule has 1 amide bonds. The highest BCUT2D eigenvalue weighted by molar-refractivity contribution is 5.95. The molecule has 1 aromatic carbocycles. The van der Waals surface area contributed by atoms with E-state index in [1.54, 1.807) is 6.20 Å².